The molecular formula is C15H24N2O2S. The van der Waals surface area contributed by atoms with Crippen molar-refractivity contribution >= 4 is 10.0 Å². The van der Waals surface area contributed by atoms with E-state index in [2.05, 4.69) is 23.9 Å². The molecule has 0 aliphatic heterocycles. The molecule has 1 aromatic carbocycles. The third kappa shape index (κ3) is 3.81. The fraction of sp³-hybridized carbons (Fsp3) is 0.600. The highest BCUT2D eigenvalue weighted by Crippen LogP contribution is 2.22. The fourth-order valence-electron chi connectivity index (χ4n) is 2.13. The molecule has 0 heterocycles. The molecule has 1 aliphatic carbocycles. The highest BCUT2D eigenvalue weighted by Gasteiger charge is 2.24. The summed E-state index contributed by atoms with van der Waals surface area (Å²) in [4.78, 5) is 0.371. The summed E-state index contributed by atoms with van der Waals surface area (Å²) in [5.74, 6) is 0. The van der Waals surface area contributed by atoms with Gasteiger partial charge in [0.25, 0.3) is 0 Å². The molecule has 0 unspecified atom stereocenters. The summed E-state index contributed by atoms with van der Waals surface area (Å²) in [6, 6.07) is 5.86. The van der Waals surface area contributed by atoms with Gasteiger partial charge in [-0.2, -0.15) is 0 Å². The maximum Gasteiger partial charge on any atom is 0.240 e. The second-order valence-corrected chi connectivity index (χ2v) is 7.59. The Hall–Kier alpha value is -0.910. The Bertz CT molecular complexity index is 563. The van der Waals surface area contributed by atoms with E-state index in [1.165, 1.54) is 0 Å². The van der Waals surface area contributed by atoms with Crippen molar-refractivity contribution in [1.29, 1.82) is 0 Å². The Labute approximate surface area is 122 Å². The van der Waals surface area contributed by atoms with Gasteiger partial charge in [-0.3, -0.25) is 0 Å². The molecular weight excluding hydrogens is 272 g/mol. The van der Waals surface area contributed by atoms with E-state index >= 15 is 0 Å². The van der Waals surface area contributed by atoms with Crippen LogP contribution in [0.1, 0.15) is 44.2 Å². The van der Waals surface area contributed by atoms with E-state index < -0.39 is 10.0 Å². The first-order valence-electron chi connectivity index (χ1n) is 7.24. The van der Waals surface area contributed by atoms with Crippen LogP contribution in [-0.2, 0) is 16.6 Å². The van der Waals surface area contributed by atoms with Gasteiger partial charge in [0.1, 0.15) is 0 Å². The predicted molar refractivity (Wildman–Crippen MR) is 81.1 cm³/mol. The van der Waals surface area contributed by atoms with Gasteiger partial charge in [-0.25, -0.2) is 13.1 Å². The number of nitrogens with one attached hydrogen (secondary N) is 2. The van der Waals surface area contributed by atoms with Gasteiger partial charge in [0.2, 0.25) is 10.0 Å². The van der Waals surface area contributed by atoms with Gasteiger partial charge in [-0.05, 0) is 43.0 Å². The van der Waals surface area contributed by atoms with Crippen LogP contribution in [0.2, 0.25) is 0 Å². The largest absolute Gasteiger partial charge is 0.310 e. The quantitative estimate of drug-likeness (QED) is 0.847. The number of hydrogen-bond acceptors (Lipinski definition) is 3. The van der Waals surface area contributed by atoms with Gasteiger partial charge in [-0.15, -0.1) is 0 Å². The average Bonchev–Trinajstić information content (AvgIpc) is 2.32. The lowest BCUT2D eigenvalue weighted by atomic mass is 9.94. The van der Waals surface area contributed by atoms with E-state index in [0.29, 0.717) is 17.5 Å². The standard InChI is InChI=1S/C15H24N2O2S/c1-11(2)16-10-13-9-15(8-7-12(13)3)20(18,19)17-14-5-4-6-14/h7-9,11,14,16-17H,4-6,10H2,1-3H3. The average molecular weight is 296 g/mol. The molecule has 1 saturated carbocycles. The van der Waals surface area contributed by atoms with Gasteiger partial charge in [-0.1, -0.05) is 26.3 Å². The Morgan fingerprint density at radius 3 is 2.55 bits per heavy atom. The number of sulfonamides is 1. The lowest BCUT2D eigenvalue weighted by Crippen LogP contribution is -2.39. The van der Waals surface area contributed by atoms with Crippen molar-refractivity contribution in [3.63, 3.8) is 0 Å². The molecule has 0 spiro atoms. The highest BCUT2D eigenvalue weighted by molar-refractivity contribution is 7.89. The second-order valence-electron chi connectivity index (χ2n) is 5.87. The van der Waals surface area contributed by atoms with Crippen molar-refractivity contribution in [2.45, 2.75) is 63.6 Å². The van der Waals surface area contributed by atoms with Crippen molar-refractivity contribution in [3.8, 4) is 0 Å². The lowest BCUT2D eigenvalue weighted by Gasteiger charge is -2.26. The minimum absolute atomic E-state index is 0.124. The first kappa shape index (κ1) is 15.5. The van der Waals surface area contributed by atoms with E-state index in [0.717, 1.165) is 30.4 Å². The summed E-state index contributed by atoms with van der Waals surface area (Å²) in [7, 11) is -3.38. The van der Waals surface area contributed by atoms with Gasteiger partial charge in [0.15, 0.2) is 0 Å². The molecule has 112 valence electrons. The monoisotopic (exact) mass is 296 g/mol. The molecule has 0 saturated heterocycles. The molecule has 1 aliphatic rings. The number of aryl methyl sites for hydroxylation is 1. The van der Waals surface area contributed by atoms with Crippen LogP contribution in [0.3, 0.4) is 0 Å². The summed E-state index contributed by atoms with van der Waals surface area (Å²) in [6.45, 7) is 6.85. The van der Waals surface area contributed by atoms with E-state index in [4.69, 9.17) is 0 Å². The van der Waals surface area contributed by atoms with Crippen molar-refractivity contribution in [2.24, 2.45) is 0 Å². The molecule has 20 heavy (non-hydrogen) atoms. The van der Waals surface area contributed by atoms with E-state index in [9.17, 15) is 8.42 Å². The van der Waals surface area contributed by atoms with Crippen molar-refractivity contribution in [1.82, 2.24) is 10.0 Å². The molecule has 2 rings (SSSR count). The number of benzene rings is 1. The molecule has 1 fully saturated rings. The van der Waals surface area contributed by atoms with Crippen molar-refractivity contribution in [3.05, 3.63) is 29.3 Å². The molecule has 0 aromatic heterocycles. The first-order valence-corrected chi connectivity index (χ1v) is 8.72. The third-order valence-corrected chi connectivity index (χ3v) is 5.28. The molecule has 2 N–H and O–H groups in total. The van der Waals surface area contributed by atoms with E-state index in [1.54, 1.807) is 12.1 Å². The Morgan fingerprint density at radius 1 is 1.30 bits per heavy atom. The molecule has 0 atom stereocenters. The minimum atomic E-state index is -3.38. The molecule has 1 aromatic rings. The summed E-state index contributed by atoms with van der Waals surface area (Å²) < 4.78 is 27.4. The van der Waals surface area contributed by atoms with Crippen LogP contribution in [0.15, 0.2) is 23.1 Å². The van der Waals surface area contributed by atoms with E-state index in [-0.39, 0.29) is 6.04 Å². The van der Waals surface area contributed by atoms with Crippen LogP contribution in [0.25, 0.3) is 0 Å². The Kier molecular flexibility index (Phi) is 4.83. The van der Waals surface area contributed by atoms with Crippen LogP contribution < -0.4 is 10.0 Å². The summed E-state index contributed by atoms with van der Waals surface area (Å²) in [5.41, 5.74) is 2.15. The van der Waals surface area contributed by atoms with Gasteiger partial charge >= 0.3 is 0 Å². The first-order chi connectivity index (χ1) is 9.38. The van der Waals surface area contributed by atoms with Crippen LogP contribution in [0, 0.1) is 6.92 Å². The normalized spacial score (nSPS) is 16.4. The Morgan fingerprint density at radius 2 is 2.00 bits per heavy atom. The van der Waals surface area contributed by atoms with Gasteiger partial charge in [0.05, 0.1) is 4.90 Å². The second kappa shape index (κ2) is 6.24. The van der Waals surface area contributed by atoms with Crippen LogP contribution >= 0.6 is 0 Å². The maximum atomic E-state index is 12.3. The molecule has 0 amide bonds. The lowest BCUT2D eigenvalue weighted by molar-refractivity contribution is 0.383. The van der Waals surface area contributed by atoms with Gasteiger partial charge < -0.3 is 5.32 Å². The smallest absolute Gasteiger partial charge is 0.240 e. The van der Waals surface area contributed by atoms with Crippen molar-refractivity contribution < 1.29 is 8.42 Å². The summed E-state index contributed by atoms with van der Waals surface area (Å²) in [6.07, 6.45) is 3.02. The van der Waals surface area contributed by atoms with Crippen LogP contribution in [0.5, 0.6) is 0 Å². The van der Waals surface area contributed by atoms with E-state index in [1.807, 2.05) is 13.0 Å². The minimum Gasteiger partial charge on any atom is -0.310 e. The predicted octanol–water partition coefficient (Wildman–Crippen LogP) is 2.32. The molecule has 0 bridgehead atoms. The SMILES string of the molecule is Cc1ccc(S(=O)(=O)NC2CCC2)cc1CNC(C)C. The van der Waals surface area contributed by atoms with Crippen molar-refractivity contribution in [2.75, 3.05) is 0 Å². The zero-order chi connectivity index (χ0) is 14.8. The highest BCUT2D eigenvalue weighted by atomic mass is 32.2. The maximum absolute atomic E-state index is 12.3. The number of rotatable bonds is 6. The van der Waals surface area contributed by atoms with Crippen LogP contribution in [0.4, 0.5) is 0 Å². The van der Waals surface area contributed by atoms with Crippen LogP contribution in [-0.4, -0.2) is 20.5 Å². The summed E-state index contributed by atoms with van der Waals surface area (Å²) in [5, 5.41) is 3.33. The third-order valence-electron chi connectivity index (χ3n) is 3.76. The summed E-state index contributed by atoms with van der Waals surface area (Å²) >= 11 is 0. The van der Waals surface area contributed by atoms with Gasteiger partial charge in [0, 0.05) is 18.6 Å². The molecule has 0 radical (unpaired) electrons. The zero-order valence-electron chi connectivity index (χ0n) is 12.4. The zero-order valence-corrected chi connectivity index (χ0v) is 13.3. The fourth-order valence-corrected chi connectivity index (χ4v) is 3.49. The molecule has 4 nitrogen and oxygen atoms in total. The Balaban J connectivity index is 2.16. The topological polar surface area (TPSA) is 58.2 Å². The molecule has 5 heteroatoms. The number of hydrogen-bond donors (Lipinski definition) is 2.